The highest BCUT2D eigenvalue weighted by Crippen LogP contribution is 2.16. The van der Waals surface area contributed by atoms with Gasteiger partial charge in [0.15, 0.2) is 0 Å². The summed E-state index contributed by atoms with van der Waals surface area (Å²) in [6.07, 6.45) is 2.22. The molecule has 1 atom stereocenters. The first-order valence-electron chi connectivity index (χ1n) is 8.91. The molecule has 0 aliphatic heterocycles. The molecule has 0 radical (unpaired) electrons. The molecular formula is C20H25ClFN3O2. The second-order valence-corrected chi connectivity index (χ2v) is 6.87. The van der Waals surface area contributed by atoms with E-state index in [1.165, 1.54) is 6.07 Å². The predicted molar refractivity (Wildman–Crippen MR) is 105 cm³/mol. The lowest BCUT2D eigenvalue weighted by molar-refractivity contribution is -0.130. The van der Waals surface area contributed by atoms with Crippen molar-refractivity contribution >= 4 is 23.2 Å². The highest BCUT2D eigenvalue weighted by atomic mass is 35.5. The van der Waals surface area contributed by atoms with E-state index in [1.807, 2.05) is 24.3 Å². The monoisotopic (exact) mass is 393 g/mol. The summed E-state index contributed by atoms with van der Waals surface area (Å²) in [4.78, 5) is 11.9. The largest absolute Gasteiger partial charge is 0.374 e. The van der Waals surface area contributed by atoms with Gasteiger partial charge in [-0.05, 0) is 74.2 Å². The van der Waals surface area contributed by atoms with Crippen LogP contribution >= 0.6 is 11.6 Å². The number of unbranched alkanes of at least 4 members (excludes halogenated alkanes) is 1. The minimum absolute atomic E-state index is 0.296. The molecule has 0 aromatic heterocycles. The molecule has 2 aromatic carbocycles. The van der Waals surface area contributed by atoms with Crippen molar-refractivity contribution in [2.75, 3.05) is 11.9 Å². The molecule has 27 heavy (non-hydrogen) atoms. The van der Waals surface area contributed by atoms with Gasteiger partial charge in [-0.1, -0.05) is 23.7 Å². The van der Waals surface area contributed by atoms with E-state index in [9.17, 15) is 9.18 Å². The van der Waals surface area contributed by atoms with E-state index in [4.69, 9.17) is 16.8 Å². The molecule has 0 fully saturated rings. The zero-order valence-electron chi connectivity index (χ0n) is 15.3. The lowest BCUT2D eigenvalue weighted by atomic mass is 10.1. The Morgan fingerprint density at radius 3 is 2.59 bits per heavy atom. The molecule has 4 N–H and O–H groups in total. The Balaban J connectivity index is 1.74. The van der Waals surface area contributed by atoms with Gasteiger partial charge in [-0.3, -0.25) is 10.0 Å². The van der Waals surface area contributed by atoms with Crippen molar-refractivity contribution in [1.82, 2.24) is 10.8 Å². The lowest BCUT2D eigenvalue weighted by Crippen LogP contribution is -2.38. The number of amides is 1. The molecule has 0 unspecified atom stereocenters. The Kier molecular flexibility index (Phi) is 8.51. The van der Waals surface area contributed by atoms with Crippen molar-refractivity contribution in [3.8, 4) is 0 Å². The summed E-state index contributed by atoms with van der Waals surface area (Å²) in [5.74, 6) is -0.804. The molecule has 0 aliphatic rings. The maximum atomic E-state index is 13.4. The van der Waals surface area contributed by atoms with Gasteiger partial charge >= 0.3 is 0 Å². The average molecular weight is 394 g/mol. The van der Waals surface area contributed by atoms with Crippen molar-refractivity contribution in [3.05, 3.63) is 64.4 Å². The van der Waals surface area contributed by atoms with Gasteiger partial charge in [0.05, 0.1) is 0 Å². The molecule has 146 valence electrons. The third kappa shape index (κ3) is 7.17. The van der Waals surface area contributed by atoms with Gasteiger partial charge in [0.2, 0.25) is 0 Å². The van der Waals surface area contributed by atoms with Crippen molar-refractivity contribution in [3.63, 3.8) is 0 Å². The summed E-state index contributed by atoms with van der Waals surface area (Å²) in [5, 5.41) is 16.1. The number of hydroxylamine groups is 1. The molecule has 7 heteroatoms. The standard InChI is InChI=1S/C20H25ClFN3O2/c1-14-12-17(9-10-18(14)22)24-19(20(26)25-27)4-2-3-11-23-13-15-5-7-16(21)8-6-15/h5-10,12,19,23-24,27H,2-4,11,13H2,1H3,(H,25,26)/t19-/m1/s1. The highest BCUT2D eigenvalue weighted by molar-refractivity contribution is 6.30. The van der Waals surface area contributed by atoms with Crippen molar-refractivity contribution < 1.29 is 14.4 Å². The number of benzene rings is 2. The molecule has 0 heterocycles. The highest BCUT2D eigenvalue weighted by Gasteiger charge is 2.17. The van der Waals surface area contributed by atoms with Crippen LogP contribution in [0.3, 0.4) is 0 Å². The third-order valence-electron chi connectivity index (χ3n) is 4.26. The van der Waals surface area contributed by atoms with E-state index >= 15 is 0 Å². The van der Waals surface area contributed by atoms with Gasteiger partial charge in [0.25, 0.3) is 5.91 Å². The molecule has 2 rings (SSSR count). The quantitative estimate of drug-likeness (QED) is 0.279. The molecule has 2 aromatic rings. The van der Waals surface area contributed by atoms with Crippen molar-refractivity contribution in [2.45, 2.75) is 38.8 Å². The van der Waals surface area contributed by atoms with Gasteiger partial charge in [-0.2, -0.15) is 0 Å². The number of hydrogen-bond acceptors (Lipinski definition) is 4. The number of carbonyl (C=O) groups excluding carboxylic acids is 1. The van der Waals surface area contributed by atoms with Gasteiger partial charge in [-0.25, -0.2) is 9.87 Å². The Labute approximate surface area is 163 Å². The zero-order valence-corrected chi connectivity index (χ0v) is 16.0. The second-order valence-electron chi connectivity index (χ2n) is 6.44. The molecule has 5 nitrogen and oxygen atoms in total. The minimum atomic E-state index is -0.587. The summed E-state index contributed by atoms with van der Waals surface area (Å²) in [7, 11) is 0. The van der Waals surface area contributed by atoms with Crippen LogP contribution in [-0.2, 0) is 11.3 Å². The summed E-state index contributed by atoms with van der Waals surface area (Å²) in [6.45, 7) is 3.23. The van der Waals surface area contributed by atoms with Gasteiger partial charge in [0.1, 0.15) is 11.9 Å². The maximum Gasteiger partial charge on any atom is 0.265 e. The second kappa shape index (κ2) is 10.9. The summed E-state index contributed by atoms with van der Waals surface area (Å²) in [5.41, 5.74) is 3.98. The van der Waals surface area contributed by atoms with Crippen LogP contribution in [0.25, 0.3) is 0 Å². The van der Waals surface area contributed by atoms with E-state index in [2.05, 4.69) is 10.6 Å². The van der Waals surface area contributed by atoms with Crippen LogP contribution < -0.4 is 16.1 Å². The van der Waals surface area contributed by atoms with E-state index in [0.717, 1.165) is 36.5 Å². The van der Waals surface area contributed by atoms with Crippen LogP contribution in [0.5, 0.6) is 0 Å². The van der Waals surface area contributed by atoms with E-state index < -0.39 is 11.9 Å². The zero-order chi connectivity index (χ0) is 19.6. The average Bonchev–Trinajstić information content (AvgIpc) is 2.67. The van der Waals surface area contributed by atoms with Gasteiger partial charge < -0.3 is 10.6 Å². The Hall–Kier alpha value is -2.15. The first kappa shape index (κ1) is 21.2. The predicted octanol–water partition coefficient (Wildman–Crippen LogP) is 4.03. The van der Waals surface area contributed by atoms with E-state index in [-0.39, 0.29) is 5.82 Å². The number of aryl methyl sites for hydroxylation is 1. The fraction of sp³-hybridized carbons (Fsp3) is 0.350. The molecule has 0 saturated carbocycles. The van der Waals surface area contributed by atoms with Gasteiger partial charge in [-0.15, -0.1) is 0 Å². The van der Waals surface area contributed by atoms with Crippen molar-refractivity contribution in [1.29, 1.82) is 0 Å². The molecular weight excluding hydrogens is 369 g/mol. The van der Waals surface area contributed by atoms with Crippen LogP contribution in [-0.4, -0.2) is 23.7 Å². The van der Waals surface area contributed by atoms with Crippen LogP contribution in [0.2, 0.25) is 5.02 Å². The van der Waals surface area contributed by atoms with Crippen molar-refractivity contribution in [2.24, 2.45) is 0 Å². The molecule has 0 saturated heterocycles. The number of hydrogen-bond donors (Lipinski definition) is 4. The number of nitrogens with one attached hydrogen (secondary N) is 3. The lowest BCUT2D eigenvalue weighted by Gasteiger charge is -2.18. The first-order chi connectivity index (χ1) is 13.0. The first-order valence-corrected chi connectivity index (χ1v) is 9.29. The molecule has 0 spiro atoms. The number of carbonyl (C=O) groups is 1. The van der Waals surface area contributed by atoms with Crippen LogP contribution in [0, 0.1) is 12.7 Å². The maximum absolute atomic E-state index is 13.4. The fourth-order valence-electron chi connectivity index (χ4n) is 2.72. The summed E-state index contributed by atoms with van der Waals surface area (Å²) >= 11 is 5.86. The van der Waals surface area contributed by atoms with Crippen LogP contribution in [0.4, 0.5) is 10.1 Å². The molecule has 0 bridgehead atoms. The Morgan fingerprint density at radius 1 is 1.19 bits per heavy atom. The SMILES string of the molecule is Cc1cc(N[C@H](CCCCNCc2ccc(Cl)cc2)C(=O)NO)ccc1F. The van der Waals surface area contributed by atoms with Crippen LogP contribution in [0.1, 0.15) is 30.4 Å². The van der Waals surface area contributed by atoms with Gasteiger partial charge in [0, 0.05) is 17.3 Å². The summed E-state index contributed by atoms with van der Waals surface area (Å²) < 4.78 is 13.4. The summed E-state index contributed by atoms with van der Waals surface area (Å²) in [6, 6.07) is 11.7. The number of rotatable bonds is 10. The Morgan fingerprint density at radius 2 is 1.93 bits per heavy atom. The smallest absolute Gasteiger partial charge is 0.265 e. The number of anilines is 1. The topological polar surface area (TPSA) is 73.4 Å². The minimum Gasteiger partial charge on any atom is -0.374 e. The normalized spacial score (nSPS) is 11.9. The van der Waals surface area contributed by atoms with E-state index in [0.29, 0.717) is 17.7 Å². The molecule has 1 amide bonds. The van der Waals surface area contributed by atoms with Crippen LogP contribution in [0.15, 0.2) is 42.5 Å². The third-order valence-corrected chi connectivity index (χ3v) is 4.52. The number of halogens is 2. The fourth-order valence-corrected chi connectivity index (χ4v) is 2.84. The van der Waals surface area contributed by atoms with E-state index in [1.54, 1.807) is 24.5 Å². The Bertz CT molecular complexity index is 741. The molecule has 0 aliphatic carbocycles.